The molecule has 7 heteroatoms. The molecule has 0 aliphatic heterocycles. The van der Waals surface area contributed by atoms with Crippen LogP contribution < -0.4 is 0 Å². The van der Waals surface area contributed by atoms with Gasteiger partial charge in [-0.2, -0.15) is 0 Å². The molecule has 7 nitrogen and oxygen atoms in total. The number of carbonyl (C=O) groups is 3. The normalized spacial score (nSPS) is 10.2. The number of ether oxygens (including phenoxy) is 2. The van der Waals surface area contributed by atoms with Crippen molar-refractivity contribution >= 4 is 17.7 Å². The van der Waals surface area contributed by atoms with E-state index < -0.39 is 34.6 Å². The van der Waals surface area contributed by atoms with Gasteiger partial charge in [-0.1, -0.05) is 12.1 Å². The topological polar surface area (TPSA) is 110 Å². The molecule has 2 aromatic carbocycles. The van der Waals surface area contributed by atoms with Crippen LogP contribution in [0.5, 0.6) is 11.5 Å². The lowest BCUT2D eigenvalue weighted by molar-refractivity contribution is 0.0550. The molecule has 0 fully saturated rings. The Morgan fingerprint density at radius 2 is 1.44 bits per heavy atom. The Bertz CT molecular complexity index is 868. The van der Waals surface area contributed by atoms with Crippen LogP contribution in [0.25, 0.3) is 0 Å². The molecule has 0 radical (unpaired) electrons. The average Bonchev–Trinajstić information content (AvgIpc) is 2.61. The highest BCUT2D eigenvalue weighted by atomic mass is 16.5. The Morgan fingerprint density at radius 1 is 0.880 bits per heavy atom. The smallest absolute Gasteiger partial charge is 0.342 e. The molecule has 130 valence electrons. The van der Waals surface area contributed by atoms with E-state index in [1.165, 1.54) is 31.2 Å². The van der Waals surface area contributed by atoms with Gasteiger partial charge in [0.15, 0.2) is 5.78 Å². The minimum Gasteiger partial charge on any atom is -0.507 e. The van der Waals surface area contributed by atoms with E-state index >= 15 is 0 Å². The van der Waals surface area contributed by atoms with Crippen LogP contribution in [-0.2, 0) is 9.47 Å². The number of carbonyl (C=O) groups excluding carboxylic acids is 3. The summed E-state index contributed by atoms with van der Waals surface area (Å²) in [5, 5.41) is 20.1. The summed E-state index contributed by atoms with van der Waals surface area (Å²) in [4.78, 5) is 37.1. The predicted molar refractivity (Wildman–Crippen MR) is 87.1 cm³/mol. The zero-order valence-electron chi connectivity index (χ0n) is 13.8. The number of aromatic hydroxyl groups is 2. The Balaban J connectivity index is 2.84. The molecule has 0 aliphatic rings. The molecular formula is C18H16O7. The molecule has 2 aromatic rings. The second kappa shape index (κ2) is 7.04. The van der Waals surface area contributed by atoms with Crippen LogP contribution in [-0.4, -0.2) is 42.2 Å². The number of aryl methyl sites for hydroxylation is 1. The van der Waals surface area contributed by atoms with Crippen LogP contribution >= 0.6 is 0 Å². The molecule has 0 spiro atoms. The first kappa shape index (κ1) is 18.0. The van der Waals surface area contributed by atoms with Gasteiger partial charge in [0.2, 0.25) is 0 Å². The quantitative estimate of drug-likeness (QED) is 0.646. The second-order valence-corrected chi connectivity index (χ2v) is 5.17. The van der Waals surface area contributed by atoms with Gasteiger partial charge in [0.25, 0.3) is 0 Å². The van der Waals surface area contributed by atoms with Crippen molar-refractivity contribution < 1.29 is 34.1 Å². The highest BCUT2D eigenvalue weighted by molar-refractivity contribution is 6.19. The van der Waals surface area contributed by atoms with Crippen molar-refractivity contribution in [2.24, 2.45) is 0 Å². The van der Waals surface area contributed by atoms with Crippen LogP contribution in [0.3, 0.4) is 0 Å². The molecule has 0 amide bonds. The monoisotopic (exact) mass is 344 g/mol. The fraction of sp³-hybridized carbons (Fsp3) is 0.167. The zero-order valence-corrected chi connectivity index (χ0v) is 13.8. The van der Waals surface area contributed by atoms with Gasteiger partial charge in [0.1, 0.15) is 17.1 Å². The Labute approximate surface area is 143 Å². The number of hydrogen-bond acceptors (Lipinski definition) is 7. The fourth-order valence-corrected chi connectivity index (χ4v) is 2.41. The number of phenols is 2. The summed E-state index contributed by atoms with van der Waals surface area (Å²) >= 11 is 0. The molecule has 2 N–H and O–H groups in total. The summed E-state index contributed by atoms with van der Waals surface area (Å²) < 4.78 is 9.26. The predicted octanol–water partition coefficient (Wildman–Crippen LogP) is 2.21. The van der Waals surface area contributed by atoms with E-state index in [4.69, 9.17) is 0 Å². The Kier molecular flexibility index (Phi) is 5.07. The molecule has 25 heavy (non-hydrogen) atoms. The van der Waals surface area contributed by atoms with E-state index in [1.54, 1.807) is 6.07 Å². The first-order chi connectivity index (χ1) is 11.8. The van der Waals surface area contributed by atoms with Crippen molar-refractivity contribution in [3.8, 4) is 11.5 Å². The van der Waals surface area contributed by atoms with Crippen LogP contribution in [0, 0.1) is 6.92 Å². The molecule has 0 aliphatic carbocycles. The van der Waals surface area contributed by atoms with Crippen LogP contribution in [0.2, 0.25) is 0 Å². The maximum absolute atomic E-state index is 12.8. The van der Waals surface area contributed by atoms with Crippen molar-refractivity contribution in [1.82, 2.24) is 0 Å². The van der Waals surface area contributed by atoms with Crippen molar-refractivity contribution in [3.63, 3.8) is 0 Å². The van der Waals surface area contributed by atoms with Gasteiger partial charge in [0, 0.05) is 5.56 Å². The van der Waals surface area contributed by atoms with Crippen LogP contribution in [0.1, 0.15) is 42.2 Å². The van der Waals surface area contributed by atoms with Crippen molar-refractivity contribution in [3.05, 3.63) is 58.1 Å². The Hall–Kier alpha value is -3.35. The number of ketones is 1. The molecule has 0 unspecified atom stereocenters. The second-order valence-electron chi connectivity index (χ2n) is 5.17. The van der Waals surface area contributed by atoms with Gasteiger partial charge >= 0.3 is 11.9 Å². The molecule has 2 rings (SSSR count). The summed E-state index contributed by atoms with van der Waals surface area (Å²) in [5.41, 5.74) is -0.955. The molecule has 0 saturated carbocycles. The van der Waals surface area contributed by atoms with E-state index in [1.807, 2.05) is 0 Å². The molecule has 0 bridgehead atoms. The number of methoxy groups -OCH3 is 2. The van der Waals surface area contributed by atoms with Crippen molar-refractivity contribution in [2.45, 2.75) is 6.92 Å². The fourth-order valence-electron chi connectivity index (χ4n) is 2.41. The van der Waals surface area contributed by atoms with E-state index in [9.17, 15) is 24.6 Å². The number of para-hydroxylation sites is 1. The third kappa shape index (κ3) is 3.16. The summed E-state index contributed by atoms with van der Waals surface area (Å²) in [6.45, 7) is 1.46. The minimum atomic E-state index is -0.993. The molecule has 0 saturated heterocycles. The summed E-state index contributed by atoms with van der Waals surface area (Å²) in [6.07, 6.45) is 0. The van der Waals surface area contributed by atoms with Crippen molar-refractivity contribution in [1.29, 1.82) is 0 Å². The summed E-state index contributed by atoms with van der Waals surface area (Å²) in [5.74, 6) is -3.45. The number of hydrogen-bond donors (Lipinski definition) is 2. The first-order valence-corrected chi connectivity index (χ1v) is 7.19. The maximum atomic E-state index is 12.8. The van der Waals surface area contributed by atoms with E-state index in [-0.39, 0.29) is 22.4 Å². The van der Waals surface area contributed by atoms with Gasteiger partial charge in [-0.15, -0.1) is 0 Å². The number of benzene rings is 2. The number of esters is 2. The van der Waals surface area contributed by atoms with Crippen LogP contribution in [0.4, 0.5) is 0 Å². The number of rotatable bonds is 4. The Morgan fingerprint density at radius 3 is 2.00 bits per heavy atom. The molecule has 0 aromatic heterocycles. The van der Waals surface area contributed by atoms with Gasteiger partial charge in [-0.25, -0.2) is 9.59 Å². The summed E-state index contributed by atoms with van der Waals surface area (Å²) in [6, 6.07) is 7.02. The first-order valence-electron chi connectivity index (χ1n) is 7.19. The van der Waals surface area contributed by atoms with E-state index in [0.29, 0.717) is 0 Å². The third-order valence-electron chi connectivity index (χ3n) is 3.66. The highest BCUT2D eigenvalue weighted by Crippen LogP contribution is 2.32. The third-order valence-corrected chi connectivity index (χ3v) is 3.66. The minimum absolute atomic E-state index is 0.0615. The SMILES string of the molecule is COC(=O)c1c(C(=O)c2ccccc2O)cc(C)c(O)c1C(=O)OC. The lowest BCUT2D eigenvalue weighted by atomic mass is 9.91. The molecule has 0 heterocycles. The molecule has 0 atom stereocenters. The van der Waals surface area contributed by atoms with E-state index in [2.05, 4.69) is 9.47 Å². The lowest BCUT2D eigenvalue weighted by Gasteiger charge is -2.15. The van der Waals surface area contributed by atoms with Gasteiger partial charge in [-0.3, -0.25) is 4.79 Å². The van der Waals surface area contributed by atoms with Crippen molar-refractivity contribution in [2.75, 3.05) is 14.2 Å². The lowest BCUT2D eigenvalue weighted by Crippen LogP contribution is -2.18. The average molecular weight is 344 g/mol. The highest BCUT2D eigenvalue weighted by Gasteiger charge is 2.31. The largest absolute Gasteiger partial charge is 0.507 e. The van der Waals surface area contributed by atoms with Gasteiger partial charge in [0.05, 0.1) is 25.3 Å². The number of phenolic OH excluding ortho intramolecular Hbond substituents is 2. The summed E-state index contributed by atoms with van der Waals surface area (Å²) in [7, 11) is 2.16. The van der Waals surface area contributed by atoms with Gasteiger partial charge < -0.3 is 19.7 Å². The van der Waals surface area contributed by atoms with E-state index in [0.717, 1.165) is 14.2 Å². The van der Waals surface area contributed by atoms with Crippen LogP contribution in [0.15, 0.2) is 30.3 Å². The van der Waals surface area contributed by atoms with Gasteiger partial charge in [-0.05, 0) is 30.7 Å². The standard InChI is InChI=1S/C18H16O7/c1-9-8-11(16(21)10-6-4-5-7-12(10)19)13(17(22)24-2)14(15(9)20)18(23)25-3/h4-8,19-20H,1-3H3. The maximum Gasteiger partial charge on any atom is 0.342 e. The zero-order chi connectivity index (χ0) is 18.7. The molecular weight excluding hydrogens is 328 g/mol.